The van der Waals surface area contributed by atoms with Crippen LogP contribution < -0.4 is 14.8 Å². The van der Waals surface area contributed by atoms with Gasteiger partial charge in [0, 0.05) is 24.3 Å². The Morgan fingerprint density at radius 1 is 1.07 bits per heavy atom. The summed E-state index contributed by atoms with van der Waals surface area (Å²) in [7, 11) is 1.56. The molecule has 0 radical (unpaired) electrons. The van der Waals surface area contributed by atoms with Gasteiger partial charge in [-0.1, -0.05) is 6.07 Å². The molecular weight excluding hydrogens is 360 g/mol. The number of carbonyl (C=O) groups excluding carboxylic acids is 2. The molecule has 28 heavy (non-hydrogen) atoms. The van der Waals surface area contributed by atoms with Crippen molar-refractivity contribution in [3.63, 3.8) is 0 Å². The Morgan fingerprint density at radius 2 is 1.79 bits per heavy atom. The number of anilines is 1. The number of nitrogens with one attached hydrogen (secondary N) is 1. The van der Waals surface area contributed by atoms with E-state index in [1.165, 1.54) is 0 Å². The van der Waals surface area contributed by atoms with Gasteiger partial charge in [0.25, 0.3) is 11.8 Å². The van der Waals surface area contributed by atoms with Crippen molar-refractivity contribution >= 4 is 17.5 Å². The normalized spacial score (nSPS) is 13.7. The Balaban J connectivity index is 1.53. The van der Waals surface area contributed by atoms with Gasteiger partial charge < -0.3 is 24.4 Å². The van der Waals surface area contributed by atoms with E-state index < -0.39 is 0 Å². The van der Waals surface area contributed by atoms with E-state index in [1.807, 2.05) is 19.1 Å². The number of hydrogen-bond donors (Lipinski definition) is 1. The maximum absolute atomic E-state index is 12.4. The van der Waals surface area contributed by atoms with E-state index >= 15 is 0 Å². The van der Waals surface area contributed by atoms with E-state index in [-0.39, 0.29) is 18.4 Å². The highest BCUT2D eigenvalue weighted by Gasteiger charge is 2.18. The van der Waals surface area contributed by atoms with E-state index in [0.717, 1.165) is 5.56 Å². The lowest BCUT2D eigenvalue weighted by Crippen LogP contribution is -2.40. The molecule has 0 unspecified atom stereocenters. The van der Waals surface area contributed by atoms with Gasteiger partial charge in [-0.15, -0.1) is 0 Å². The minimum absolute atomic E-state index is 0.0315. The van der Waals surface area contributed by atoms with Crippen molar-refractivity contribution in [1.82, 2.24) is 4.90 Å². The fraction of sp³-hybridized carbons (Fsp3) is 0.333. The average molecular weight is 384 g/mol. The van der Waals surface area contributed by atoms with Crippen LogP contribution in [0.25, 0.3) is 0 Å². The van der Waals surface area contributed by atoms with Crippen LogP contribution in [0.5, 0.6) is 11.5 Å². The molecule has 1 fully saturated rings. The second kappa shape index (κ2) is 9.23. The first-order valence-corrected chi connectivity index (χ1v) is 9.11. The number of rotatable bonds is 6. The molecule has 7 nitrogen and oxygen atoms in total. The Hall–Kier alpha value is -3.06. The zero-order valence-electron chi connectivity index (χ0n) is 16.1. The number of methoxy groups -OCH3 is 1. The molecule has 7 heteroatoms. The monoisotopic (exact) mass is 384 g/mol. The quantitative estimate of drug-likeness (QED) is 0.828. The summed E-state index contributed by atoms with van der Waals surface area (Å²) >= 11 is 0. The summed E-state index contributed by atoms with van der Waals surface area (Å²) in [4.78, 5) is 26.3. The van der Waals surface area contributed by atoms with Crippen LogP contribution in [0.1, 0.15) is 15.9 Å². The fourth-order valence-electron chi connectivity index (χ4n) is 2.88. The zero-order valence-corrected chi connectivity index (χ0v) is 16.1. The molecule has 0 spiro atoms. The van der Waals surface area contributed by atoms with Gasteiger partial charge in [-0.05, 0) is 48.9 Å². The minimum Gasteiger partial charge on any atom is -0.493 e. The summed E-state index contributed by atoms with van der Waals surface area (Å²) < 4.78 is 16.1. The van der Waals surface area contributed by atoms with E-state index in [4.69, 9.17) is 14.2 Å². The highest BCUT2D eigenvalue weighted by molar-refractivity contribution is 5.96. The van der Waals surface area contributed by atoms with Gasteiger partial charge in [0.05, 0.1) is 20.3 Å². The number of benzene rings is 2. The number of carbonyl (C=O) groups is 2. The minimum atomic E-state index is -0.296. The average Bonchev–Trinajstić information content (AvgIpc) is 2.73. The van der Waals surface area contributed by atoms with E-state index in [1.54, 1.807) is 42.3 Å². The lowest BCUT2D eigenvalue weighted by Gasteiger charge is -2.26. The van der Waals surface area contributed by atoms with Crippen molar-refractivity contribution in [1.29, 1.82) is 0 Å². The van der Waals surface area contributed by atoms with Crippen molar-refractivity contribution in [2.75, 3.05) is 45.3 Å². The molecule has 1 heterocycles. The van der Waals surface area contributed by atoms with Crippen molar-refractivity contribution in [3.8, 4) is 11.5 Å². The molecule has 1 N–H and O–H groups in total. The van der Waals surface area contributed by atoms with Crippen LogP contribution in [0.4, 0.5) is 5.69 Å². The van der Waals surface area contributed by atoms with Gasteiger partial charge in [0.2, 0.25) is 0 Å². The molecule has 0 aromatic heterocycles. The Bertz CT molecular complexity index is 829. The SMILES string of the molecule is COc1cc(C)ccc1OCC(=O)Nc1ccc(C(=O)N2CCOCC2)cc1. The molecule has 1 aliphatic heterocycles. The molecule has 148 valence electrons. The number of ether oxygens (including phenoxy) is 3. The van der Waals surface area contributed by atoms with E-state index in [9.17, 15) is 9.59 Å². The summed E-state index contributed by atoms with van der Waals surface area (Å²) in [5, 5.41) is 2.76. The predicted molar refractivity (Wildman–Crippen MR) is 105 cm³/mol. The summed E-state index contributed by atoms with van der Waals surface area (Å²) in [6.07, 6.45) is 0. The van der Waals surface area contributed by atoms with Crippen molar-refractivity contribution < 1.29 is 23.8 Å². The van der Waals surface area contributed by atoms with Crippen LogP contribution >= 0.6 is 0 Å². The highest BCUT2D eigenvalue weighted by Crippen LogP contribution is 2.27. The number of morpholine rings is 1. The van der Waals surface area contributed by atoms with Crippen LogP contribution in [-0.4, -0.2) is 56.7 Å². The Morgan fingerprint density at radius 3 is 2.46 bits per heavy atom. The lowest BCUT2D eigenvalue weighted by molar-refractivity contribution is -0.118. The second-order valence-corrected chi connectivity index (χ2v) is 6.47. The van der Waals surface area contributed by atoms with Crippen LogP contribution in [0.2, 0.25) is 0 Å². The molecule has 0 atom stereocenters. The van der Waals surface area contributed by atoms with Gasteiger partial charge in [0.15, 0.2) is 18.1 Å². The van der Waals surface area contributed by atoms with Crippen LogP contribution in [0.15, 0.2) is 42.5 Å². The molecule has 1 aliphatic rings. The zero-order chi connectivity index (χ0) is 19.9. The van der Waals surface area contributed by atoms with Crippen molar-refractivity contribution in [3.05, 3.63) is 53.6 Å². The maximum atomic E-state index is 12.4. The van der Waals surface area contributed by atoms with Crippen LogP contribution in [0, 0.1) is 6.92 Å². The topological polar surface area (TPSA) is 77.1 Å². The summed E-state index contributed by atoms with van der Waals surface area (Å²) in [6.45, 7) is 4.12. The third-order valence-electron chi connectivity index (χ3n) is 4.39. The van der Waals surface area contributed by atoms with Crippen molar-refractivity contribution in [2.24, 2.45) is 0 Å². The number of hydrogen-bond acceptors (Lipinski definition) is 5. The maximum Gasteiger partial charge on any atom is 0.262 e. The molecule has 2 aromatic carbocycles. The Kier molecular flexibility index (Phi) is 6.49. The first-order chi connectivity index (χ1) is 13.6. The first kappa shape index (κ1) is 19.7. The third-order valence-corrected chi connectivity index (χ3v) is 4.39. The smallest absolute Gasteiger partial charge is 0.262 e. The molecule has 3 rings (SSSR count). The number of aryl methyl sites for hydroxylation is 1. The van der Waals surface area contributed by atoms with Gasteiger partial charge >= 0.3 is 0 Å². The molecule has 0 saturated carbocycles. The lowest BCUT2D eigenvalue weighted by atomic mass is 10.1. The molecule has 2 aromatic rings. The summed E-state index contributed by atoms with van der Waals surface area (Å²) in [5.41, 5.74) is 2.23. The first-order valence-electron chi connectivity index (χ1n) is 9.11. The molecule has 1 saturated heterocycles. The highest BCUT2D eigenvalue weighted by atomic mass is 16.5. The fourth-order valence-corrected chi connectivity index (χ4v) is 2.88. The molecule has 0 aliphatic carbocycles. The molecule has 2 amide bonds. The van der Waals surface area contributed by atoms with E-state index in [2.05, 4.69) is 5.32 Å². The van der Waals surface area contributed by atoms with Gasteiger partial charge in [-0.25, -0.2) is 0 Å². The van der Waals surface area contributed by atoms with Gasteiger partial charge in [0.1, 0.15) is 0 Å². The summed E-state index contributed by atoms with van der Waals surface area (Å²) in [6, 6.07) is 12.3. The third kappa shape index (κ3) is 5.01. The van der Waals surface area contributed by atoms with Crippen LogP contribution in [0.3, 0.4) is 0 Å². The standard InChI is InChI=1S/C21H24N2O5/c1-15-3-8-18(19(13-15)26-2)28-14-20(24)22-17-6-4-16(5-7-17)21(25)23-9-11-27-12-10-23/h3-8,13H,9-12,14H2,1-2H3,(H,22,24). The number of amides is 2. The number of nitrogens with zero attached hydrogens (tertiary/aromatic N) is 1. The van der Waals surface area contributed by atoms with Crippen molar-refractivity contribution in [2.45, 2.75) is 6.92 Å². The van der Waals surface area contributed by atoms with E-state index in [0.29, 0.717) is 49.1 Å². The van der Waals surface area contributed by atoms with Crippen LogP contribution in [-0.2, 0) is 9.53 Å². The molecule has 0 bridgehead atoms. The molecular formula is C21H24N2O5. The second-order valence-electron chi connectivity index (χ2n) is 6.47. The van der Waals surface area contributed by atoms with Gasteiger partial charge in [-0.2, -0.15) is 0 Å². The predicted octanol–water partition coefficient (Wildman–Crippen LogP) is 2.49. The largest absolute Gasteiger partial charge is 0.493 e. The summed E-state index contributed by atoms with van der Waals surface area (Å²) in [5.74, 6) is 0.763. The van der Waals surface area contributed by atoms with Gasteiger partial charge in [-0.3, -0.25) is 9.59 Å². The Labute approximate surface area is 164 Å².